The molecule has 0 radical (unpaired) electrons. The zero-order valence-electron chi connectivity index (χ0n) is 18.7. The van der Waals surface area contributed by atoms with Crippen LogP contribution in [0.1, 0.15) is 47.9 Å². The Labute approximate surface area is 216 Å². The van der Waals surface area contributed by atoms with E-state index in [0.29, 0.717) is 54.2 Å². The van der Waals surface area contributed by atoms with Gasteiger partial charge in [-0.2, -0.15) is 52.7 Å². The van der Waals surface area contributed by atoms with Gasteiger partial charge in [0.1, 0.15) is 5.78 Å². The summed E-state index contributed by atoms with van der Waals surface area (Å²) < 4.78 is 158. The Bertz CT molecular complexity index is 1020. The number of benzene rings is 2. The Morgan fingerprint density at radius 3 is 1.24 bits per heavy atom. The van der Waals surface area contributed by atoms with E-state index in [1.807, 2.05) is 0 Å². The van der Waals surface area contributed by atoms with Crippen molar-refractivity contribution in [3.63, 3.8) is 0 Å². The summed E-state index contributed by atoms with van der Waals surface area (Å²) in [4.78, 5) is 10.9. The Balaban J connectivity index is 2.08. The van der Waals surface area contributed by atoms with Crippen molar-refractivity contribution in [1.29, 1.82) is 0 Å². The van der Waals surface area contributed by atoms with Crippen LogP contribution in [0.5, 0.6) is 0 Å². The molecule has 1 atom stereocenters. The van der Waals surface area contributed by atoms with E-state index in [1.165, 1.54) is 0 Å². The second kappa shape index (κ2) is 10.9. The van der Waals surface area contributed by atoms with Crippen molar-refractivity contribution < 1.29 is 57.5 Å². The van der Waals surface area contributed by atoms with Crippen molar-refractivity contribution in [3.05, 3.63) is 58.7 Å². The van der Waals surface area contributed by atoms with Gasteiger partial charge in [-0.15, -0.1) is 23.5 Å². The molecule has 1 aliphatic carbocycles. The number of ketones is 1. The fourth-order valence-electron chi connectivity index (χ4n) is 3.76. The number of carbonyl (C=O) groups excluding carboxylic acids is 1. The third-order valence-corrected chi connectivity index (χ3v) is 8.36. The van der Waals surface area contributed by atoms with Crippen LogP contribution < -0.4 is 0 Å². The highest BCUT2D eigenvalue weighted by molar-refractivity contribution is 8.17. The van der Waals surface area contributed by atoms with Gasteiger partial charge < -0.3 is 0 Å². The zero-order chi connectivity index (χ0) is 28.7. The van der Waals surface area contributed by atoms with Crippen molar-refractivity contribution in [2.24, 2.45) is 5.92 Å². The van der Waals surface area contributed by atoms with Crippen LogP contribution in [0.3, 0.4) is 0 Å². The molecular weight excluding hydrogens is 584 g/mol. The number of alkyl halides is 12. The maximum absolute atomic E-state index is 13.3. The molecule has 0 bridgehead atoms. The first-order chi connectivity index (χ1) is 17.2. The molecule has 1 nitrogen and oxygen atoms in total. The van der Waals surface area contributed by atoms with Crippen LogP contribution in [-0.4, -0.2) is 10.4 Å². The molecule has 1 fully saturated rings. The number of rotatable bonds is 5. The summed E-state index contributed by atoms with van der Waals surface area (Å²) in [7, 11) is 0. The maximum Gasteiger partial charge on any atom is 0.416 e. The van der Waals surface area contributed by atoms with Gasteiger partial charge in [0.25, 0.3) is 0 Å². The highest BCUT2D eigenvalue weighted by atomic mass is 32.2. The summed E-state index contributed by atoms with van der Waals surface area (Å²) in [5.41, 5.74) is -6.51. The fourth-order valence-corrected chi connectivity index (χ4v) is 6.79. The maximum atomic E-state index is 13.3. The minimum atomic E-state index is -5.16. The van der Waals surface area contributed by atoms with Crippen LogP contribution >= 0.6 is 23.5 Å². The lowest BCUT2D eigenvalue weighted by Gasteiger charge is -2.29. The molecule has 0 aliphatic heterocycles. The van der Waals surface area contributed by atoms with Gasteiger partial charge in [0, 0.05) is 22.6 Å². The molecule has 210 valence electrons. The predicted octanol–water partition coefficient (Wildman–Crippen LogP) is 9.73. The average molecular weight is 600 g/mol. The third-order valence-electron chi connectivity index (χ3n) is 5.53. The van der Waals surface area contributed by atoms with Crippen LogP contribution in [0.25, 0.3) is 0 Å². The molecular formula is C23H16F12OS2. The van der Waals surface area contributed by atoms with E-state index in [2.05, 4.69) is 0 Å². The SMILES string of the molecule is O=C1CCCC(C(Sc2cc(C(F)(F)F)cc(C(F)(F)F)c2)Sc2cc(C(F)(F)F)cc(C(F)(F)F)c2)C1. The predicted molar refractivity (Wildman–Crippen MR) is 115 cm³/mol. The molecule has 15 heteroatoms. The van der Waals surface area contributed by atoms with Crippen molar-refractivity contribution in [2.75, 3.05) is 0 Å². The second-order valence-electron chi connectivity index (χ2n) is 8.48. The molecule has 0 spiro atoms. The van der Waals surface area contributed by atoms with E-state index < -0.39 is 67.2 Å². The molecule has 3 rings (SSSR count). The van der Waals surface area contributed by atoms with E-state index in [-0.39, 0.29) is 37.2 Å². The summed E-state index contributed by atoms with van der Waals surface area (Å²) in [6, 6.07) is 1.49. The lowest BCUT2D eigenvalue weighted by molar-refractivity contribution is -0.145. The molecule has 0 aromatic heterocycles. The summed E-state index contributed by atoms with van der Waals surface area (Å²) >= 11 is 0.855. The van der Waals surface area contributed by atoms with Crippen molar-refractivity contribution >= 4 is 29.3 Å². The number of hydrogen-bond donors (Lipinski definition) is 0. The van der Waals surface area contributed by atoms with Crippen LogP contribution in [0, 0.1) is 5.92 Å². The minimum absolute atomic E-state index is 0.0985. The van der Waals surface area contributed by atoms with Gasteiger partial charge in [-0.25, -0.2) is 0 Å². The van der Waals surface area contributed by atoms with E-state index in [1.54, 1.807) is 0 Å². The van der Waals surface area contributed by atoms with Gasteiger partial charge in [-0.05, 0) is 55.2 Å². The Hall–Kier alpha value is -2.03. The monoisotopic (exact) mass is 600 g/mol. The van der Waals surface area contributed by atoms with Gasteiger partial charge in [-0.3, -0.25) is 4.79 Å². The van der Waals surface area contributed by atoms with Crippen LogP contribution in [0.15, 0.2) is 46.2 Å². The molecule has 38 heavy (non-hydrogen) atoms. The first kappa shape index (κ1) is 30.5. The first-order valence-electron chi connectivity index (χ1n) is 10.7. The largest absolute Gasteiger partial charge is 0.416 e. The molecule has 1 saturated carbocycles. The second-order valence-corrected chi connectivity index (χ2v) is 11.2. The lowest BCUT2D eigenvalue weighted by atomic mass is 9.90. The van der Waals surface area contributed by atoms with Crippen LogP contribution in [-0.2, 0) is 29.5 Å². The molecule has 2 aromatic rings. The number of halogens is 12. The number of Topliss-reactive ketones (excluding diaryl/α,β-unsaturated/α-hetero) is 1. The number of carbonyl (C=O) groups is 1. The highest BCUT2D eigenvalue weighted by Crippen LogP contribution is 2.48. The molecule has 2 aromatic carbocycles. The zero-order valence-corrected chi connectivity index (χ0v) is 20.3. The third kappa shape index (κ3) is 7.99. The topological polar surface area (TPSA) is 17.1 Å². The molecule has 0 N–H and O–H groups in total. The summed E-state index contributed by atoms with van der Waals surface area (Å²) in [6.45, 7) is 0. The molecule has 0 saturated heterocycles. The van der Waals surface area contributed by atoms with Gasteiger partial charge >= 0.3 is 24.7 Å². The Kier molecular flexibility index (Phi) is 8.72. The van der Waals surface area contributed by atoms with Crippen molar-refractivity contribution in [2.45, 2.75) is 64.8 Å². The Morgan fingerprint density at radius 1 is 0.605 bits per heavy atom. The first-order valence-corrected chi connectivity index (χ1v) is 12.4. The van der Waals surface area contributed by atoms with Gasteiger partial charge in [0.05, 0.1) is 26.8 Å². The van der Waals surface area contributed by atoms with Crippen LogP contribution in [0.4, 0.5) is 52.7 Å². The fraction of sp³-hybridized carbons (Fsp3) is 0.435. The van der Waals surface area contributed by atoms with Crippen molar-refractivity contribution in [3.8, 4) is 0 Å². The average Bonchev–Trinajstić information content (AvgIpc) is 2.76. The summed E-state index contributed by atoms with van der Waals surface area (Å²) in [5.74, 6) is -1.02. The molecule has 1 aliphatic rings. The van der Waals surface area contributed by atoms with E-state index in [0.717, 1.165) is 0 Å². The normalized spacial score (nSPS) is 17.8. The standard InChI is InChI=1S/C23H16F12OS2/c24-20(25,26)12-5-13(21(27,28)29)8-17(7-12)37-19(11-2-1-3-16(36)4-11)38-18-9-14(22(30,31)32)6-15(10-18)23(33,34)35/h5-11,19H,1-4H2. The van der Waals surface area contributed by atoms with E-state index in [4.69, 9.17) is 0 Å². The highest BCUT2D eigenvalue weighted by Gasteiger charge is 2.40. The van der Waals surface area contributed by atoms with Gasteiger partial charge in [-0.1, -0.05) is 0 Å². The number of hydrogen-bond acceptors (Lipinski definition) is 3. The summed E-state index contributed by atoms with van der Waals surface area (Å²) in [5, 5.41) is 0. The molecule has 0 amide bonds. The molecule has 0 heterocycles. The van der Waals surface area contributed by atoms with Crippen LogP contribution in [0.2, 0.25) is 0 Å². The van der Waals surface area contributed by atoms with E-state index >= 15 is 0 Å². The summed E-state index contributed by atoms with van der Waals surface area (Å²) in [6.07, 6.45) is -20.1. The van der Waals surface area contributed by atoms with Gasteiger partial charge in [0.2, 0.25) is 0 Å². The quantitative estimate of drug-likeness (QED) is 0.193. The van der Waals surface area contributed by atoms with Crippen molar-refractivity contribution in [1.82, 2.24) is 0 Å². The lowest BCUT2D eigenvalue weighted by Crippen LogP contribution is -2.23. The Morgan fingerprint density at radius 2 is 0.947 bits per heavy atom. The smallest absolute Gasteiger partial charge is 0.300 e. The van der Waals surface area contributed by atoms with E-state index in [9.17, 15) is 57.5 Å². The van der Waals surface area contributed by atoms with Gasteiger partial charge in [0.15, 0.2) is 0 Å². The number of thioether (sulfide) groups is 2. The molecule has 1 unspecified atom stereocenters. The minimum Gasteiger partial charge on any atom is -0.300 e.